The molecule has 2 amide bonds. The van der Waals surface area contributed by atoms with Gasteiger partial charge in [-0.05, 0) is 0 Å². The number of imide groups is 1. The van der Waals surface area contributed by atoms with Gasteiger partial charge in [-0.25, -0.2) is 0 Å². The summed E-state index contributed by atoms with van der Waals surface area (Å²) in [6, 6.07) is 9.33. The summed E-state index contributed by atoms with van der Waals surface area (Å²) in [5.74, 6) is -3.87. The first kappa shape index (κ1) is 19.9. The Balaban J connectivity index is 2.20. The first-order valence-corrected chi connectivity index (χ1v) is 9.95. The van der Waals surface area contributed by atoms with Gasteiger partial charge < -0.3 is 0 Å². The molecule has 0 spiro atoms. The summed E-state index contributed by atoms with van der Waals surface area (Å²) in [5, 5.41) is 0. The number of benzene rings is 1. The van der Waals surface area contributed by atoms with Gasteiger partial charge in [0.1, 0.15) is 0 Å². The third kappa shape index (κ3) is 5.79. The molecule has 2 unspecified atom stereocenters. The Morgan fingerprint density at radius 2 is 1.84 bits per heavy atom. The SMILES string of the molecule is CC(F)(F)CC1CN(C(=O)OC(C)(C)C)C(=O)C1[Se]c1ccccc1. The summed E-state index contributed by atoms with van der Waals surface area (Å²) in [6.07, 6.45) is -1.18. The number of carbonyl (C=O) groups excluding carboxylic acids is 2. The van der Waals surface area contributed by atoms with Crippen molar-refractivity contribution in [2.75, 3.05) is 6.54 Å². The minimum atomic E-state index is -2.89. The van der Waals surface area contributed by atoms with Crippen LogP contribution in [0.5, 0.6) is 0 Å². The van der Waals surface area contributed by atoms with E-state index in [1.54, 1.807) is 20.8 Å². The molecule has 1 saturated heterocycles. The topological polar surface area (TPSA) is 46.6 Å². The van der Waals surface area contributed by atoms with E-state index >= 15 is 0 Å². The van der Waals surface area contributed by atoms with Gasteiger partial charge in [0.15, 0.2) is 0 Å². The van der Waals surface area contributed by atoms with Crippen molar-refractivity contribution < 1.29 is 23.1 Å². The molecule has 0 N–H and O–H groups in total. The molecule has 1 aliphatic heterocycles. The fourth-order valence-corrected chi connectivity index (χ4v) is 5.22. The number of halogens is 2. The summed E-state index contributed by atoms with van der Waals surface area (Å²) in [6.45, 7) is 5.94. The van der Waals surface area contributed by atoms with Gasteiger partial charge in [-0.1, -0.05) is 0 Å². The molecule has 1 aromatic rings. The number of rotatable bonds is 4. The van der Waals surface area contributed by atoms with Crippen molar-refractivity contribution in [3.8, 4) is 0 Å². The molecule has 1 heterocycles. The molecule has 0 bridgehead atoms. The van der Waals surface area contributed by atoms with E-state index in [0.29, 0.717) is 0 Å². The van der Waals surface area contributed by atoms with Gasteiger partial charge in [0.2, 0.25) is 0 Å². The van der Waals surface area contributed by atoms with E-state index in [1.807, 2.05) is 30.3 Å². The molecule has 4 nitrogen and oxygen atoms in total. The quantitative estimate of drug-likeness (QED) is 0.706. The van der Waals surface area contributed by atoms with Gasteiger partial charge in [0.25, 0.3) is 0 Å². The van der Waals surface area contributed by atoms with E-state index in [9.17, 15) is 18.4 Å². The minimum absolute atomic E-state index is 0.0174. The average molecular weight is 418 g/mol. The van der Waals surface area contributed by atoms with Gasteiger partial charge >= 0.3 is 153 Å². The van der Waals surface area contributed by atoms with Crippen molar-refractivity contribution in [2.24, 2.45) is 5.92 Å². The summed E-state index contributed by atoms with van der Waals surface area (Å²) in [7, 11) is 0. The Morgan fingerprint density at radius 3 is 2.36 bits per heavy atom. The molecular formula is C18H23F2NO3Se. The third-order valence-electron chi connectivity index (χ3n) is 3.60. The first-order chi connectivity index (χ1) is 11.5. The van der Waals surface area contributed by atoms with Crippen molar-refractivity contribution in [3.63, 3.8) is 0 Å². The van der Waals surface area contributed by atoms with Crippen LogP contribution in [0.25, 0.3) is 0 Å². The number of hydrogen-bond acceptors (Lipinski definition) is 3. The van der Waals surface area contributed by atoms with Crippen LogP contribution in [0.1, 0.15) is 34.1 Å². The average Bonchev–Trinajstić information content (AvgIpc) is 2.74. The summed E-state index contributed by atoms with van der Waals surface area (Å²) < 4.78 is 33.3. The van der Waals surface area contributed by atoms with Crippen molar-refractivity contribution >= 4 is 31.4 Å². The molecule has 7 heteroatoms. The molecule has 0 saturated carbocycles. The van der Waals surface area contributed by atoms with E-state index in [-0.39, 0.29) is 21.5 Å². The van der Waals surface area contributed by atoms with Crippen LogP contribution in [0.15, 0.2) is 30.3 Å². The molecule has 1 aliphatic rings. The van der Waals surface area contributed by atoms with E-state index in [4.69, 9.17) is 4.74 Å². The van der Waals surface area contributed by atoms with Crippen LogP contribution in [0, 0.1) is 5.92 Å². The summed E-state index contributed by atoms with van der Waals surface area (Å²) >= 11 is -0.328. The summed E-state index contributed by atoms with van der Waals surface area (Å²) in [4.78, 5) is 25.4. The number of hydrogen-bond donors (Lipinski definition) is 0. The Morgan fingerprint density at radius 1 is 1.24 bits per heavy atom. The maximum atomic E-state index is 13.6. The number of carbonyl (C=O) groups is 2. The molecule has 2 atom stereocenters. The van der Waals surface area contributed by atoms with Crippen molar-refractivity contribution in [1.82, 2.24) is 4.90 Å². The summed E-state index contributed by atoms with van der Waals surface area (Å²) in [5.41, 5.74) is -0.746. The van der Waals surface area contributed by atoms with Crippen LogP contribution in [-0.4, -0.2) is 49.9 Å². The zero-order chi connectivity index (χ0) is 18.8. The molecular weight excluding hydrogens is 395 g/mol. The fraction of sp³-hybridized carbons (Fsp3) is 0.556. The molecule has 25 heavy (non-hydrogen) atoms. The van der Waals surface area contributed by atoms with Crippen molar-refractivity contribution in [3.05, 3.63) is 30.3 Å². The van der Waals surface area contributed by atoms with Gasteiger partial charge in [-0.15, -0.1) is 0 Å². The van der Waals surface area contributed by atoms with Gasteiger partial charge in [-0.2, -0.15) is 0 Å². The van der Waals surface area contributed by atoms with Crippen LogP contribution in [0.3, 0.4) is 0 Å². The Kier molecular flexibility index (Phi) is 5.89. The third-order valence-corrected chi connectivity index (χ3v) is 6.50. The van der Waals surface area contributed by atoms with E-state index in [1.165, 1.54) is 0 Å². The molecule has 1 aromatic carbocycles. The normalized spacial score (nSPS) is 21.5. The molecule has 2 rings (SSSR count). The van der Waals surface area contributed by atoms with Crippen LogP contribution in [-0.2, 0) is 9.53 Å². The second-order valence-corrected chi connectivity index (χ2v) is 9.86. The number of nitrogens with zero attached hydrogens (tertiary/aromatic N) is 1. The monoisotopic (exact) mass is 419 g/mol. The Labute approximate surface area is 153 Å². The number of amides is 2. The van der Waals surface area contributed by atoms with E-state index < -0.39 is 40.7 Å². The molecule has 0 aliphatic carbocycles. The van der Waals surface area contributed by atoms with Crippen molar-refractivity contribution in [2.45, 2.75) is 50.5 Å². The fourth-order valence-electron chi connectivity index (χ4n) is 2.68. The van der Waals surface area contributed by atoms with Gasteiger partial charge in [-0.3, -0.25) is 0 Å². The Hall–Kier alpha value is -1.46. The zero-order valence-electron chi connectivity index (χ0n) is 14.8. The van der Waals surface area contributed by atoms with E-state index in [2.05, 4.69) is 0 Å². The number of ether oxygens (including phenoxy) is 1. The zero-order valence-corrected chi connectivity index (χ0v) is 16.5. The molecule has 0 radical (unpaired) electrons. The molecule has 138 valence electrons. The van der Waals surface area contributed by atoms with Crippen LogP contribution in [0.4, 0.5) is 13.6 Å². The second-order valence-electron chi connectivity index (χ2n) is 7.32. The number of alkyl halides is 2. The predicted molar refractivity (Wildman–Crippen MR) is 92.3 cm³/mol. The van der Waals surface area contributed by atoms with Gasteiger partial charge in [0, 0.05) is 0 Å². The molecule has 1 fully saturated rings. The number of likely N-dealkylation sites (tertiary alicyclic amines) is 1. The van der Waals surface area contributed by atoms with Crippen LogP contribution >= 0.6 is 0 Å². The van der Waals surface area contributed by atoms with Crippen LogP contribution < -0.4 is 4.46 Å². The van der Waals surface area contributed by atoms with Crippen molar-refractivity contribution in [1.29, 1.82) is 0 Å². The maximum absolute atomic E-state index is 13.6. The predicted octanol–water partition coefficient (Wildman–Crippen LogP) is 3.24. The first-order valence-electron chi connectivity index (χ1n) is 8.10. The molecule has 0 aromatic heterocycles. The second kappa shape index (κ2) is 7.42. The van der Waals surface area contributed by atoms with Gasteiger partial charge in [0.05, 0.1) is 0 Å². The van der Waals surface area contributed by atoms with E-state index in [0.717, 1.165) is 16.3 Å². The Bertz CT molecular complexity index is 625. The van der Waals surface area contributed by atoms with Crippen LogP contribution in [0.2, 0.25) is 4.82 Å². The standard InChI is InChI=1S/C18H23F2NO3Se/c1-17(2,3)24-16(23)21-11-12(10-18(4,19)20)14(15(21)22)25-13-8-6-5-7-9-13/h5-9,12,14H,10-11H2,1-4H3.